The molecule has 0 aliphatic rings. The molecule has 26 heavy (non-hydrogen) atoms. The maximum atomic E-state index is 12.6. The minimum Gasteiger partial charge on any atom is -0.353 e. The lowest BCUT2D eigenvalue weighted by atomic mass is 9.95. The Morgan fingerprint density at radius 3 is 2.42 bits per heavy atom. The monoisotopic (exact) mass is 411 g/mol. The third-order valence-electron chi connectivity index (χ3n) is 3.20. The van der Waals surface area contributed by atoms with E-state index in [0.29, 0.717) is 5.75 Å². The Balaban J connectivity index is 2.45. The van der Waals surface area contributed by atoms with Crippen molar-refractivity contribution >= 4 is 35.2 Å². The molecule has 0 radical (unpaired) electrons. The lowest BCUT2D eigenvalue weighted by Gasteiger charge is -2.21. The number of hydrogen-bond acceptors (Lipinski definition) is 4. The van der Waals surface area contributed by atoms with E-state index in [9.17, 15) is 22.8 Å². The molecule has 0 saturated carbocycles. The van der Waals surface area contributed by atoms with E-state index in [1.807, 2.05) is 0 Å². The third-order valence-corrected chi connectivity index (χ3v) is 4.60. The van der Waals surface area contributed by atoms with Crippen molar-refractivity contribution in [3.8, 4) is 0 Å². The Labute approximate surface area is 159 Å². The van der Waals surface area contributed by atoms with Gasteiger partial charge in [0.2, 0.25) is 11.8 Å². The highest BCUT2D eigenvalue weighted by Crippen LogP contribution is 2.33. The first-order valence-corrected chi connectivity index (χ1v) is 9.13. The normalized spacial score (nSPS) is 13.2. The van der Waals surface area contributed by atoms with Gasteiger partial charge in [0.1, 0.15) is 11.1 Å². The molecule has 0 fully saturated rings. The Bertz CT molecular complexity index is 663. The molecule has 1 heterocycles. The van der Waals surface area contributed by atoms with Crippen LogP contribution in [-0.4, -0.2) is 35.1 Å². The van der Waals surface area contributed by atoms with Gasteiger partial charge in [-0.1, -0.05) is 32.4 Å². The standard InChI is InChI=1S/C16H21ClF3N3O2S/c1-9(23-14(25)15(2,3)4)12(24)21-5-6-26-13-11(17)7-10(8-22-13)16(18,19)20/h7-9H,5-6H2,1-4H3,(H,21,24)(H,23,25)/t9-/m0/s1. The second kappa shape index (κ2) is 8.94. The number of carbonyl (C=O) groups is 2. The van der Waals surface area contributed by atoms with Crippen molar-refractivity contribution in [3.05, 3.63) is 22.8 Å². The number of nitrogens with one attached hydrogen (secondary N) is 2. The van der Waals surface area contributed by atoms with Crippen molar-refractivity contribution in [2.24, 2.45) is 5.41 Å². The summed E-state index contributed by atoms with van der Waals surface area (Å²) in [5.74, 6) is -0.228. The van der Waals surface area contributed by atoms with E-state index in [0.717, 1.165) is 24.0 Å². The third kappa shape index (κ3) is 7.03. The van der Waals surface area contributed by atoms with E-state index in [4.69, 9.17) is 11.6 Å². The summed E-state index contributed by atoms with van der Waals surface area (Å²) >= 11 is 6.93. The average Bonchev–Trinajstić information content (AvgIpc) is 2.50. The number of halogens is 4. The van der Waals surface area contributed by atoms with Crippen LogP contribution in [-0.2, 0) is 15.8 Å². The zero-order chi connectivity index (χ0) is 20.1. The molecule has 1 rings (SSSR count). The lowest BCUT2D eigenvalue weighted by molar-refractivity contribution is -0.137. The summed E-state index contributed by atoms with van der Waals surface area (Å²) in [6.07, 6.45) is -3.78. The SMILES string of the molecule is C[C@H](NC(=O)C(C)(C)C)C(=O)NCCSc1ncc(C(F)(F)F)cc1Cl. The maximum absolute atomic E-state index is 12.6. The molecule has 0 aliphatic heterocycles. The van der Waals surface area contributed by atoms with Crippen LogP contribution >= 0.6 is 23.4 Å². The molecule has 0 bridgehead atoms. The van der Waals surface area contributed by atoms with Crippen molar-refractivity contribution in [1.82, 2.24) is 15.6 Å². The summed E-state index contributed by atoms with van der Waals surface area (Å²) in [6.45, 7) is 7.04. The molecule has 2 N–H and O–H groups in total. The van der Waals surface area contributed by atoms with E-state index in [-0.39, 0.29) is 28.4 Å². The lowest BCUT2D eigenvalue weighted by Crippen LogP contribution is -2.48. The summed E-state index contributed by atoms with van der Waals surface area (Å²) in [6, 6.07) is 0.124. The molecular weight excluding hydrogens is 391 g/mol. The highest BCUT2D eigenvalue weighted by atomic mass is 35.5. The first-order chi connectivity index (χ1) is 11.8. The molecule has 0 spiro atoms. The number of hydrogen-bond donors (Lipinski definition) is 2. The van der Waals surface area contributed by atoms with Crippen LogP contribution in [0.5, 0.6) is 0 Å². The number of thioether (sulfide) groups is 1. The summed E-state index contributed by atoms with van der Waals surface area (Å²) in [5, 5.41) is 5.41. The van der Waals surface area contributed by atoms with Crippen molar-refractivity contribution in [2.45, 2.75) is 44.9 Å². The van der Waals surface area contributed by atoms with E-state index in [1.165, 1.54) is 0 Å². The number of nitrogens with zero attached hydrogens (tertiary/aromatic N) is 1. The molecule has 0 aliphatic carbocycles. The van der Waals surface area contributed by atoms with Gasteiger partial charge in [0.05, 0.1) is 10.6 Å². The second-order valence-electron chi connectivity index (χ2n) is 6.59. The zero-order valence-corrected chi connectivity index (χ0v) is 16.4. The first-order valence-electron chi connectivity index (χ1n) is 7.76. The van der Waals surface area contributed by atoms with Crippen LogP contribution in [0.4, 0.5) is 13.2 Å². The van der Waals surface area contributed by atoms with Gasteiger partial charge in [0, 0.05) is 23.9 Å². The van der Waals surface area contributed by atoms with E-state index in [2.05, 4.69) is 15.6 Å². The Kier molecular flexibility index (Phi) is 7.76. The fourth-order valence-corrected chi connectivity index (χ4v) is 2.69. The summed E-state index contributed by atoms with van der Waals surface area (Å²) in [5.41, 5.74) is -1.52. The van der Waals surface area contributed by atoms with Gasteiger partial charge in [-0.2, -0.15) is 13.2 Å². The number of pyridine rings is 1. The predicted molar refractivity (Wildman–Crippen MR) is 95.0 cm³/mol. The van der Waals surface area contributed by atoms with Gasteiger partial charge in [-0.3, -0.25) is 9.59 Å². The second-order valence-corrected chi connectivity index (χ2v) is 8.08. The quantitative estimate of drug-likeness (QED) is 0.555. The van der Waals surface area contributed by atoms with E-state index < -0.39 is 23.2 Å². The van der Waals surface area contributed by atoms with Gasteiger partial charge in [-0.05, 0) is 13.0 Å². The van der Waals surface area contributed by atoms with Crippen LogP contribution in [0.1, 0.15) is 33.3 Å². The zero-order valence-electron chi connectivity index (χ0n) is 14.8. The van der Waals surface area contributed by atoms with Crippen molar-refractivity contribution in [3.63, 3.8) is 0 Å². The minimum atomic E-state index is -4.50. The molecule has 1 aromatic heterocycles. The van der Waals surface area contributed by atoms with Crippen molar-refractivity contribution in [1.29, 1.82) is 0 Å². The molecular formula is C16H21ClF3N3O2S. The molecule has 1 atom stereocenters. The van der Waals surface area contributed by atoms with Gasteiger partial charge in [-0.25, -0.2) is 4.98 Å². The molecule has 10 heteroatoms. The fraction of sp³-hybridized carbons (Fsp3) is 0.562. The Hall–Kier alpha value is -1.48. The van der Waals surface area contributed by atoms with Gasteiger partial charge in [0.15, 0.2) is 0 Å². The van der Waals surface area contributed by atoms with Gasteiger partial charge in [0.25, 0.3) is 0 Å². The number of alkyl halides is 3. The number of amides is 2. The van der Waals surface area contributed by atoms with Crippen LogP contribution < -0.4 is 10.6 Å². The van der Waals surface area contributed by atoms with Crippen LogP contribution in [0.15, 0.2) is 17.3 Å². The number of aromatic nitrogens is 1. The van der Waals surface area contributed by atoms with Crippen LogP contribution in [0, 0.1) is 5.41 Å². The molecule has 0 saturated heterocycles. The largest absolute Gasteiger partial charge is 0.417 e. The average molecular weight is 412 g/mol. The smallest absolute Gasteiger partial charge is 0.353 e. The molecule has 1 aromatic rings. The van der Waals surface area contributed by atoms with Crippen molar-refractivity contribution in [2.75, 3.05) is 12.3 Å². The van der Waals surface area contributed by atoms with Crippen molar-refractivity contribution < 1.29 is 22.8 Å². The Morgan fingerprint density at radius 1 is 1.31 bits per heavy atom. The van der Waals surface area contributed by atoms with Gasteiger partial charge in [-0.15, -0.1) is 11.8 Å². The van der Waals surface area contributed by atoms with Crippen LogP contribution in [0.25, 0.3) is 0 Å². The Morgan fingerprint density at radius 2 is 1.92 bits per heavy atom. The number of carbonyl (C=O) groups excluding carboxylic acids is 2. The minimum absolute atomic E-state index is 0.0954. The first kappa shape index (κ1) is 22.6. The van der Waals surface area contributed by atoms with E-state index in [1.54, 1.807) is 27.7 Å². The molecule has 5 nitrogen and oxygen atoms in total. The van der Waals surface area contributed by atoms with E-state index >= 15 is 0 Å². The summed E-state index contributed by atoms with van der Waals surface area (Å²) < 4.78 is 37.7. The highest BCUT2D eigenvalue weighted by molar-refractivity contribution is 7.99. The predicted octanol–water partition coefficient (Wildman–Crippen LogP) is 3.51. The molecule has 0 aromatic carbocycles. The summed E-state index contributed by atoms with van der Waals surface area (Å²) in [4.78, 5) is 27.5. The highest BCUT2D eigenvalue weighted by Gasteiger charge is 2.31. The fourth-order valence-electron chi connectivity index (χ4n) is 1.64. The van der Waals surface area contributed by atoms with Crippen LogP contribution in [0.3, 0.4) is 0 Å². The summed E-state index contributed by atoms with van der Waals surface area (Å²) in [7, 11) is 0. The molecule has 146 valence electrons. The molecule has 2 amide bonds. The van der Waals surface area contributed by atoms with Gasteiger partial charge >= 0.3 is 6.18 Å². The topological polar surface area (TPSA) is 71.1 Å². The molecule has 0 unspecified atom stereocenters. The number of rotatable bonds is 6. The van der Waals surface area contributed by atoms with Crippen LogP contribution in [0.2, 0.25) is 5.02 Å². The van der Waals surface area contributed by atoms with Gasteiger partial charge < -0.3 is 10.6 Å². The maximum Gasteiger partial charge on any atom is 0.417 e.